The summed E-state index contributed by atoms with van der Waals surface area (Å²) in [7, 11) is 3.25. The third kappa shape index (κ3) is 4.88. The number of ether oxygens (including phenoxy) is 2. The standard InChI is InChI=1S/C20H32N2O2/c1-6-7-12-22-13-8-11-20(15-21,16(2)3)17-9-10-18(23-4)19(14-17)24-5/h9-10,14,16,22H,6-8,11-13H2,1-5H3. The van der Waals surface area contributed by atoms with Crippen molar-refractivity contribution < 1.29 is 9.47 Å². The maximum absolute atomic E-state index is 9.99. The highest BCUT2D eigenvalue weighted by atomic mass is 16.5. The minimum Gasteiger partial charge on any atom is -0.493 e. The Kier molecular flexibility index (Phi) is 8.63. The summed E-state index contributed by atoms with van der Waals surface area (Å²) in [6.45, 7) is 8.42. The SMILES string of the molecule is CCCCNCCCC(C#N)(c1ccc(OC)c(OC)c1)C(C)C. The molecule has 0 aliphatic rings. The van der Waals surface area contributed by atoms with Gasteiger partial charge >= 0.3 is 0 Å². The summed E-state index contributed by atoms with van der Waals surface area (Å²) in [5.74, 6) is 1.59. The molecule has 0 bridgehead atoms. The second-order valence-electron chi connectivity index (χ2n) is 6.51. The molecule has 0 saturated heterocycles. The van der Waals surface area contributed by atoms with Crippen molar-refractivity contribution in [1.29, 1.82) is 5.26 Å². The molecule has 0 heterocycles. The van der Waals surface area contributed by atoms with Crippen LogP contribution in [0.4, 0.5) is 0 Å². The highest BCUT2D eigenvalue weighted by Gasteiger charge is 2.36. The largest absolute Gasteiger partial charge is 0.493 e. The van der Waals surface area contributed by atoms with E-state index in [0.29, 0.717) is 11.5 Å². The van der Waals surface area contributed by atoms with Gasteiger partial charge in [-0.25, -0.2) is 0 Å². The molecule has 1 rings (SSSR count). The summed E-state index contributed by atoms with van der Waals surface area (Å²) >= 11 is 0. The summed E-state index contributed by atoms with van der Waals surface area (Å²) in [6.07, 6.45) is 4.20. The first-order chi connectivity index (χ1) is 11.6. The van der Waals surface area contributed by atoms with Crippen molar-refractivity contribution in [3.05, 3.63) is 23.8 Å². The van der Waals surface area contributed by atoms with E-state index >= 15 is 0 Å². The summed E-state index contributed by atoms with van der Waals surface area (Å²) in [6, 6.07) is 8.44. The lowest BCUT2D eigenvalue weighted by atomic mass is 9.70. The number of methoxy groups -OCH3 is 2. The van der Waals surface area contributed by atoms with E-state index in [-0.39, 0.29) is 5.92 Å². The molecule has 0 fully saturated rings. The van der Waals surface area contributed by atoms with Gasteiger partial charge in [0.2, 0.25) is 0 Å². The van der Waals surface area contributed by atoms with E-state index in [4.69, 9.17) is 9.47 Å². The van der Waals surface area contributed by atoms with Crippen LogP contribution in [0.1, 0.15) is 52.0 Å². The van der Waals surface area contributed by atoms with Crippen LogP contribution in [-0.2, 0) is 5.41 Å². The zero-order valence-electron chi connectivity index (χ0n) is 15.8. The smallest absolute Gasteiger partial charge is 0.161 e. The van der Waals surface area contributed by atoms with Crippen LogP contribution in [0, 0.1) is 17.2 Å². The molecule has 1 aromatic carbocycles. The summed E-state index contributed by atoms with van der Waals surface area (Å²) in [5.41, 5.74) is 0.498. The fraction of sp³-hybridized carbons (Fsp3) is 0.650. The van der Waals surface area contributed by atoms with Crippen molar-refractivity contribution in [2.75, 3.05) is 27.3 Å². The molecule has 1 aromatic rings. The molecule has 24 heavy (non-hydrogen) atoms. The van der Waals surface area contributed by atoms with Crippen LogP contribution >= 0.6 is 0 Å². The van der Waals surface area contributed by atoms with E-state index in [1.54, 1.807) is 14.2 Å². The van der Waals surface area contributed by atoms with Crippen LogP contribution in [0.3, 0.4) is 0 Å². The van der Waals surface area contributed by atoms with Gasteiger partial charge in [-0.3, -0.25) is 0 Å². The van der Waals surface area contributed by atoms with Gasteiger partial charge in [-0.1, -0.05) is 33.3 Å². The second-order valence-corrected chi connectivity index (χ2v) is 6.51. The van der Waals surface area contributed by atoms with E-state index in [9.17, 15) is 5.26 Å². The van der Waals surface area contributed by atoms with E-state index < -0.39 is 5.41 Å². The maximum Gasteiger partial charge on any atom is 0.161 e. The number of unbranched alkanes of at least 4 members (excludes halogenated alkanes) is 1. The minimum absolute atomic E-state index is 0.219. The van der Waals surface area contributed by atoms with Gasteiger partial charge in [0.15, 0.2) is 11.5 Å². The van der Waals surface area contributed by atoms with Crippen LogP contribution in [0.5, 0.6) is 11.5 Å². The lowest BCUT2D eigenvalue weighted by molar-refractivity contribution is 0.341. The molecular weight excluding hydrogens is 300 g/mol. The number of hydrogen-bond acceptors (Lipinski definition) is 4. The normalized spacial score (nSPS) is 13.4. The number of nitrogens with zero attached hydrogens (tertiary/aromatic N) is 1. The van der Waals surface area contributed by atoms with Crippen LogP contribution < -0.4 is 14.8 Å². The van der Waals surface area contributed by atoms with Gasteiger partial charge in [0, 0.05) is 0 Å². The van der Waals surface area contributed by atoms with Crippen molar-refractivity contribution in [3.8, 4) is 17.6 Å². The molecule has 0 aliphatic carbocycles. The van der Waals surface area contributed by atoms with Gasteiger partial charge in [0.1, 0.15) is 0 Å². The maximum atomic E-state index is 9.99. The van der Waals surface area contributed by atoms with Crippen molar-refractivity contribution >= 4 is 0 Å². The molecule has 1 N–H and O–H groups in total. The van der Waals surface area contributed by atoms with Gasteiger partial charge in [-0.2, -0.15) is 5.26 Å². The topological polar surface area (TPSA) is 54.3 Å². The summed E-state index contributed by atoms with van der Waals surface area (Å²) < 4.78 is 10.7. The predicted molar refractivity (Wildman–Crippen MR) is 98.7 cm³/mol. The quantitative estimate of drug-likeness (QED) is 0.614. The van der Waals surface area contributed by atoms with E-state index in [0.717, 1.165) is 31.5 Å². The van der Waals surface area contributed by atoms with Crippen molar-refractivity contribution in [2.24, 2.45) is 5.92 Å². The molecule has 0 amide bonds. The lowest BCUT2D eigenvalue weighted by Crippen LogP contribution is -2.32. The number of nitrogens with one attached hydrogen (secondary N) is 1. The summed E-state index contributed by atoms with van der Waals surface area (Å²) in [5, 5.41) is 13.4. The highest BCUT2D eigenvalue weighted by molar-refractivity contribution is 5.47. The van der Waals surface area contributed by atoms with Gasteiger partial charge in [-0.15, -0.1) is 0 Å². The van der Waals surface area contributed by atoms with Crippen molar-refractivity contribution in [1.82, 2.24) is 5.32 Å². The Morgan fingerprint density at radius 3 is 2.33 bits per heavy atom. The van der Waals surface area contributed by atoms with Gasteiger partial charge < -0.3 is 14.8 Å². The third-order valence-corrected chi connectivity index (χ3v) is 4.72. The first kappa shape index (κ1) is 20.3. The molecule has 4 heteroatoms. The average Bonchev–Trinajstić information content (AvgIpc) is 2.60. The lowest BCUT2D eigenvalue weighted by Gasteiger charge is -2.32. The Morgan fingerprint density at radius 1 is 1.12 bits per heavy atom. The van der Waals surface area contributed by atoms with Crippen LogP contribution in [0.25, 0.3) is 0 Å². The number of hydrogen-bond donors (Lipinski definition) is 1. The monoisotopic (exact) mass is 332 g/mol. The highest BCUT2D eigenvalue weighted by Crippen LogP contribution is 2.40. The Hall–Kier alpha value is -1.73. The molecule has 1 atom stereocenters. The molecule has 0 aliphatic heterocycles. The predicted octanol–water partition coefficient (Wildman–Crippen LogP) is 4.29. The molecule has 4 nitrogen and oxygen atoms in total. The van der Waals surface area contributed by atoms with Crippen LogP contribution in [0.2, 0.25) is 0 Å². The Bertz CT molecular complexity index is 537. The Morgan fingerprint density at radius 2 is 1.79 bits per heavy atom. The second kappa shape index (κ2) is 10.2. The van der Waals surface area contributed by atoms with Gasteiger partial charge in [0.25, 0.3) is 0 Å². The molecule has 134 valence electrons. The van der Waals surface area contributed by atoms with Crippen LogP contribution in [-0.4, -0.2) is 27.3 Å². The molecule has 0 spiro atoms. The van der Waals surface area contributed by atoms with E-state index in [1.165, 1.54) is 12.8 Å². The first-order valence-electron chi connectivity index (χ1n) is 8.90. The van der Waals surface area contributed by atoms with E-state index in [1.807, 2.05) is 18.2 Å². The number of rotatable bonds is 11. The summed E-state index contributed by atoms with van der Waals surface area (Å²) in [4.78, 5) is 0. The molecule has 0 radical (unpaired) electrons. The molecule has 1 unspecified atom stereocenters. The molecule has 0 aromatic heterocycles. The van der Waals surface area contributed by atoms with Crippen molar-refractivity contribution in [2.45, 2.75) is 51.9 Å². The fourth-order valence-corrected chi connectivity index (χ4v) is 3.05. The van der Waals surface area contributed by atoms with Gasteiger partial charge in [-0.05, 0) is 56.0 Å². The Balaban J connectivity index is 2.94. The fourth-order valence-electron chi connectivity index (χ4n) is 3.05. The number of benzene rings is 1. The molecular formula is C20H32N2O2. The average molecular weight is 332 g/mol. The van der Waals surface area contributed by atoms with Gasteiger partial charge in [0.05, 0.1) is 25.7 Å². The third-order valence-electron chi connectivity index (χ3n) is 4.72. The minimum atomic E-state index is -0.508. The zero-order valence-corrected chi connectivity index (χ0v) is 15.8. The van der Waals surface area contributed by atoms with Crippen LogP contribution in [0.15, 0.2) is 18.2 Å². The Labute approximate surface area is 147 Å². The zero-order chi connectivity index (χ0) is 18.0. The van der Waals surface area contributed by atoms with Crippen molar-refractivity contribution in [3.63, 3.8) is 0 Å². The number of nitriles is 1. The molecule has 0 saturated carbocycles. The first-order valence-corrected chi connectivity index (χ1v) is 8.90. The van der Waals surface area contributed by atoms with E-state index in [2.05, 4.69) is 32.2 Å².